The molecule has 1 N–H and O–H groups in total. The maximum Gasteiger partial charge on any atom is 0.0242 e. The van der Waals surface area contributed by atoms with E-state index >= 15 is 0 Å². The lowest BCUT2D eigenvalue weighted by molar-refractivity contribution is 0.247. The Morgan fingerprint density at radius 3 is 2.50 bits per heavy atom. The molecule has 3 heteroatoms. The predicted molar refractivity (Wildman–Crippen MR) is 68.7 cm³/mol. The number of rotatable bonds is 5. The van der Waals surface area contributed by atoms with Crippen molar-refractivity contribution in [3.63, 3.8) is 0 Å². The van der Waals surface area contributed by atoms with Crippen LogP contribution in [0.4, 0.5) is 0 Å². The minimum absolute atomic E-state index is 0.709. The molecule has 0 aromatic rings. The number of nitrogens with one attached hydrogen (secondary N) is 1. The number of likely N-dealkylation sites (N-methyl/N-ethyl adjacent to an activating group) is 2. The summed E-state index contributed by atoms with van der Waals surface area (Å²) in [5, 5.41) is 3.76. The van der Waals surface area contributed by atoms with Crippen molar-refractivity contribution in [2.45, 2.75) is 44.3 Å². The summed E-state index contributed by atoms with van der Waals surface area (Å²) in [6.07, 6.45) is 4.18. The van der Waals surface area contributed by atoms with Crippen LogP contribution in [0.25, 0.3) is 0 Å². The third kappa shape index (κ3) is 2.96. The molecule has 1 saturated heterocycles. The van der Waals surface area contributed by atoms with Crippen LogP contribution in [0.5, 0.6) is 0 Å². The Hall–Kier alpha value is -0.120. The van der Waals surface area contributed by atoms with Gasteiger partial charge in [0.05, 0.1) is 0 Å². The predicted octanol–water partition coefficient (Wildman–Crippen LogP) is 1.01. The minimum atomic E-state index is 0.709. The quantitative estimate of drug-likeness (QED) is 0.753. The van der Waals surface area contributed by atoms with Gasteiger partial charge in [-0.05, 0) is 53.2 Å². The lowest BCUT2D eigenvalue weighted by Gasteiger charge is -2.26. The van der Waals surface area contributed by atoms with Crippen molar-refractivity contribution in [2.75, 3.05) is 34.2 Å². The van der Waals surface area contributed by atoms with Gasteiger partial charge in [0.25, 0.3) is 0 Å². The van der Waals surface area contributed by atoms with E-state index in [-0.39, 0.29) is 0 Å². The Labute approximate surface area is 100 Å². The van der Waals surface area contributed by atoms with Gasteiger partial charge in [-0.2, -0.15) is 0 Å². The SMILES string of the molecule is CC1CC(NCC(C2CC2)N(C)C)CN1C. The molecule has 0 spiro atoms. The molecular formula is C13H27N3. The van der Waals surface area contributed by atoms with Crippen molar-refractivity contribution in [1.29, 1.82) is 0 Å². The summed E-state index contributed by atoms with van der Waals surface area (Å²) in [4.78, 5) is 4.85. The molecule has 2 fully saturated rings. The zero-order chi connectivity index (χ0) is 11.7. The first-order chi connectivity index (χ1) is 7.58. The Morgan fingerprint density at radius 2 is 2.06 bits per heavy atom. The van der Waals surface area contributed by atoms with Crippen molar-refractivity contribution in [1.82, 2.24) is 15.1 Å². The minimum Gasteiger partial charge on any atom is -0.311 e. The van der Waals surface area contributed by atoms with Crippen LogP contribution >= 0.6 is 0 Å². The fourth-order valence-electron chi connectivity index (χ4n) is 2.88. The third-order valence-electron chi connectivity index (χ3n) is 4.33. The van der Waals surface area contributed by atoms with Gasteiger partial charge in [-0.25, -0.2) is 0 Å². The summed E-state index contributed by atoms with van der Waals surface area (Å²) < 4.78 is 0. The van der Waals surface area contributed by atoms with Crippen molar-refractivity contribution < 1.29 is 0 Å². The van der Waals surface area contributed by atoms with Gasteiger partial charge >= 0.3 is 0 Å². The summed E-state index contributed by atoms with van der Waals surface area (Å²) >= 11 is 0. The van der Waals surface area contributed by atoms with Gasteiger partial charge in [-0.3, -0.25) is 0 Å². The van der Waals surface area contributed by atoms with Gasteiger partial charge in [0.15, 0.2) is 0 Å². The summed E-state index contributed by atoms with van der Waals surface area (Å²) in [6.45, 7) is 4.71. The molecule has 16 heavy (non-hydrogen) atoms. The molecule has 3 atom stereocenters. The molecule has 2 aliphatic rings. The zero-order valence-electron chi connectivity index (χ0n) is 11.2. The first-order valence-electron chi connectivity index (χ1n) is 6.68. The Bertz CT molecular complexity index is 213. The summed E-state index contributed by atoms with van der Waals surface area (Å²) in [5.41, 5.74) is 0. The van der Waals surface area contributed by atoms with Gasteiger partial charge in [0.1, 0.15) is 0 Å². The fourth-order valence-corrected chi connectivity index (χ4v) is 2.88. The average Bonchev–Trinajstić information content (AvgIpc) is 2.96. The second-order valence-electron chi connectivity index (χ2n) is 6.00. The second-order valence-corrected chi connectivity index (χ2v) is 6.00. The lowest BCUT2D eigenvalue weighted by Crippen LogP contribution is -2.43. The average molecular weight is 225 g/mol. The topological polar surface area (TPSA) is 18.5 Å². The molecule has 1 saturated carbocycles. The van der Waals surface area contributed by atoms with E-state index in [0.717, 1.165) is 18.0 Å². The molecule has 0 radical (unpaired) electrons. The molecule has 0 aromatic carbocycles. The Morgan fingerprint density at radius 1 is 1.38 bits per heavy atom. The Balaban J connectivity index is 1.73. The van der Waals surface area contributed by atoms with E-state index in [2.05, 4.69) is 43.2 Å². The molecule has 0 aromatic heterocycles. The highest BCUT2D eigenvalue weighted by Crippen LogP contribution is 2.34. The van der Waals surface area contributed by atoms with E-state index in [1.165, 1.54) is 32.4 Å². The normalized spacial score (nSPS) is 33.6. The summed E-state index contributed by atoms with van der Waals surface area (Å²) in [7, 11) is 6.67. The van der Waals surface area contributed by atoms with Crippen LogP contribution in [0.2, 0.25) is 0 Å². The standard InChI is InChI=1S/C13H27N3/c1-10-7-12(9-16(10)4)14-8-13(15(2)3)11-5-6-11/h10-14H,5-9H2,1-4H3. The van der Waals surface area contributed by atoms with Gasteiger partial charge in [-0.1, -0.05) is 0 Å². The van der Waals surface area contributed by atoms with Crippen LogP contribution in [0.3, 0.4) is 0 Å². The summed E-state index contributed by atoms with van der Waals surface area (Å²) in [6, 6.07) is 2.21. The maximum absolute atomic E-state index is 3.76. The van der Waals surface area contributed by atoms with Gasteiger partial charge in [0.2, 0.25) is 0 Å². The second kappa shape index (κ2) is 5.03. The smallest absolute Gasteiger partial charge is 0.0242 e. The van der Waals surface area contributed by atoms with Crippen molar-refractivity contribution in [3.05, 3.63) is 0 Å². The highest BCUT2D eigenvalue weighted by Gasteiger charge is 2.33. The molecule has 3 nitrogen and oxygen atoms in total. The third-order valence-corrected chi connectivity index (χ3v) is 4.33. The van der Waals surface area contributed by atoms with E-state index in [4.69, 9.17) is 0 Å². The van der Waals surface area contributed by atoms with E-state index in [9.17, 15) is 0 Å². The monoisotopic (exact) mass is 225 g/mol. The fraction of sp³-hybridized carbons (Fsp3) is 1.00. The number of hydrogen-bond donors (Lipinski definition) is 1. The van der Waals surface area contributed by atoms with Crippen LogP contribution in [0.1, 0.15) is 26.2 Å². The van der Waals surface area contributed by atoms with Crippen LogP contribution in [-0.2, 0) is 0 Å². The molecule has 1 aliphatic carbocycles. The Kier molecular flexibility index (Phi) is 3.88. The molecule has 2 rings (SSSR count). The van der Waals surface area contributed by atoms with E-state index in [1.54, 1.807) is 0 Å². The highest BCUT2D eigenvalue weighted by atomic mass is 15.2. The lowest BCUT2D eigenvalue weighted by atomic mass is 10.1. The summed E-state index contributed by atoms with van der Waals surface area (Å²) in [5.74, 6) is 0.957. The first-order valence-corrected chi connectivity index (χ1v) is 6.68. The van der Waals surface area contributed by atoms with Crippen molar-refractivity contribution >= 4 is 0 Å². The van der Waals surface area contributed by atoms with Crippen LogP contribution in [0, 0.1) is 5.92 Å². The van der Waals surface area contributed by atoms with Gasteiger partial charge in [-0.15, -0.1) is 0 Å². The molecule has 0 bridgehead atoms. The largest absolute Gasteiger partial charge is 0.311 e. The highest BCUT2D eigenvalue weighted by molar-refractivity contribution is 4.91. The van der Waals surface area contributed by atoms with Crippen molar-refractivity contribution in [3.8, 4) is 0 Å². The van der Waals surface area contributed by atoms with E-state index in [0.29, 0.717) is 6.04 Å². The van der Waals surface area contributed by atoms with Crippen LogP contribution in [0.15, 0.2) is 0 Å². The molecule has 94 valence electrons. The first kappa shape index (κ1) is 12.3. The van der Waals surface area contributed by atoms with E-state index < -0.39 is 0 Å². The molecule has 1 aliphatic heterocycles. The molecule has 0 amide bonds. The van der Waals surface area contributed by atoms with Crippen LogP contribution < -0.4 is 5.32 Å². The molecular weight excluding hydrogens is 198 g/mol. The van der Waals surface area contributed by atoms with Gasteiger partial charge in [0, 0.05) is 31.2 Å². The van der Waals surface area contributed by atoms with Crippen molar-refractivity contribution in [2.24, 2.45) is 5.92 Å². The number of nitrogens with zero attached hydrogens (tertiary/aromatic N) is 2. The zero-order valence-corrected chi connectivity index (χ0v) is 11.2. The van der Waals surface area contributed by atoms with E-state index in [1.807, 2.05) is 0 Å². The molecule has 1 heterocycles. The van der Waals surface area contributed by atoms with Crippen LogP contribution in [-0.4, -0.2) is 62.2 Å². The molecule has 3 unspecified atom stereocenters. The maximum atomic E-state index is 3.76. The van der Waals surface area contributed by atoms with Gasteiger partial charge < -0.3 is 15.1 Å². The number of hydrogen-bond acceptors (Lipinski definition) is 3. The number of likely N-dealkylation sites (tertiary alicyclic amines) is 1.